The number of phosphoric acid groups is 2. The molecule has 0 heterocycles. The van der Waals surface area contributed by atoms with Gasteiger partial charge in [0.1, 0.15) is 19.3 Å². The van der Waals surface area contributed by atoms with Crippen LogP contribution in [0.3, 0.4) is 0 Å². The number of carbonyl (C=O) groups is 4. The Balaban J connectivity index is 5.41. The van der Waals surface area contributed by atoms with E-state index in [4.69, 9.17) is 37.0 Å². The van der Waals surface area contributed by atoms with Gasteiger partial charge in [0, 0.05) is 25.7 Å². The fraction of sp³-hybridized carbons (Fsp3) is 0.654. The molecule has 0 rings (SSSR count). The van der Waals surface area contributed by atoms with Crippen molar-refractivity contribution < 1.29 is 80.2 Å². The Morgan fingerprint density at radius 3 is 0.810 bits per heavy atom. The first-order valence-electron chi connectivity index (χ1n) is 38.1. The van der Waals surface area contributed by atoms with E-state index in [1.807, 2.05) is 0 Å². The van der Waals surface area contributed by atoms with E-state index in [0.29, 0.717) is 25.7 Å². The maximum atomic E-state index is 13.1. The standard InChI is InChI=1S/C81H134O17P2/c1-5-9-13-17-21-25-29-32-35-37-40-43-47-50-54-58-62-66-79(84)92-72-77(98-81(86)68-64-60-56-52-48-44-41-38-36-33-30-26-22-18-14-10-6-2)74-96-100(89,90)94-70-75(82)69-93-99(87,88)95-73-76(97-80(85)67-63-59-55-51-45-28-24-20-16-12-8-4)71-91-78(83)65-61-57-53-49-46-42-39-34-31-27-23-19-15-11-7-3/h9-11,13-15,20-27,32-36,39-41,43-44,75-77,82H,5-8,12,16-19,28-31,37-38,42,45-74H2,1-4H3,(H,87,88)(H,89,90)/b13-9-,14-10-,15-11-,24-20-,25-21-,26-22-,27-23-,35-32-,36-33-,39-34-,43-40-,44-41-. The average Bonchev–Trinajstić information content (AvgIpc) is 1.00. The summed E-state index contributed by atoms with van der Waals surface area (Å²) in [5.74, 6) is -2.26. The molecule has 0 aromatic rings. The Morgan fingerprint density at radius 2 is 0.520 bits per heavy atom. The Hall–Kier alpha value is -5.06. The molecule has 0 aliphatic rings. The average molecular weight is 1440 g/mol. The summed E-state index contributed by atoms with van der Waals surface area (Å²) >= 11 is 0. The number of carbonyl (C=O) groups excluding carboxylic acids is 4. The van der Waals surface area contributed by atoms with Crippen LogP contribution in [-0.4, -0.2) is 96.7 Å². The molecular formula is C81H134O17P2. The van der Waals surface area contributed by atoms with Crippen LogP contribution < -0.4 is 0 Å². The number of allylic oxidation sites excluding steroid dienone is 24. The number of unbranched alkanes of at least 4 members (excludes halogenated alkanes) is 20. The molecule has 0 aromatic carbocycles. The molecule has 0 spiro atoms. The SMILES string of the molecule is CC/C=C\C/C=C\C/C=C\C/C=C\CCCCCCC(=O)OCC(COP(=O)(O)OCC(O)COP(=O)(O)OCC(COC(=O)CCCCCCC/C=C\C/C=C\C/C=C\CC)OC(=O)CCCCCCC/C=C\CCCC)OC(=O)CCCCCC/C=C\C/C=C\C/C=C\C/C=C\CC. The Kier molecular flexibility index (Phi) is 68.6. The highest BCUT2D eigenvalue weighted by molar-refractivity contribution is 7.47. The summed E-state index contributed by atoms with van der Waals surface area (Å²) < 4.78 is 68.4. The summed E-state index contributed by atoms with van der Waals surface area (Å²) in [7, 11) is -9.98. The second kappa shape index (κ2) is 72.3. The van der Waals surface area contributed by atoms with Crippen LogP contribution in [-0.2, 0) is 65.4 Å². The molecule has 17 nitrogen and oxygen atoms in total. The maximum absolute atomic E-state index is 13.1. The van der Waals surface area contributed by atoms with Crippen LogP contribution in [0.15, 0.2) is 146 Å². The van der Waals surface area contributed by atoms with Crippen molar-refractivity contribution >= 4 is 39.5 Å². The molecule has 570 valence electrons. The molecular weight excluding hydrogens is 1310 g/mol. The minimum Gasteiger partial charge on any atom is -0.462 e. The number of hydrogen-bond donors (Lipinski definition) is 3. The van der Waals surface area contributed by atoms with Crippen molar-refractivity contribution in [2.75, 3.05) is 39.6 Å². The second-order valence-corrected chi connectivity index (χ2v) is 27.7. The van der Waals surface area contributed by atoms with Crippen molar-refractivity contribution in [1.82, 2.24) is 0 Å². The molecule has 5 atom stereocenters. The first-order chi connectivity index (χ1) is 48.7. The summed E-state index contributed by atoms with van der Waals surface area (Å²) in [5.41, 5.74) is 0. The summed E-state index contributed by atoms with van der Waals surface area (Å²) in [5, 5.41) is 10.6. The number of rotatable bonds is 70. The van der Waals surface area contributed by atoms with Gasteiger partial charge in [0.15, 0.2) is 12.2 Å². The number of aliphatic hydroxyl groups excluding tert-OH is 1. The van der Waals surface area contributed by atoms with E-state index >= 15 is 0 Å². The van der Waals surface area contributed by atoms with E-state index in [-0.39, 0.29) is 25.7 Å². The number of hydrogen-bond acceptors (Lipinski definition) is 15. The van der Waals surface area contributed by atoms with Crippen molar-refractivity contribution in [2.24, 2.45) is 0 Å². The van der Waals surface area contributed by atoms with E-state index in [0.717, 1.165) is 193 Å². The van der Waals surface area contributed by atoms with Crippen LogP contribution >= 0.6 is 15.6 Å². The predicted octanol–water partition coefficient (Wildman–Crippen LogP) is 21.9. The van der Waals surface area contributed by atoms with Crippen molar-refractivity contribution in [2.45, 2.75) is 303 Å². The zero-order valence-corrected chi connectivity index (χ0v) is 63.9. The largest absolute Gasteiger partial charge is 0.472 e. The van der Waals surface area contributed by atoms with Crippen LogP contribution in [0.5, 0.6) is 0 Å². The first-order valence-corrected chi connectivity index (χ1v) is 41.1. The first kappa shape index (κ1) is 94.9. The molecule has 0 fully saturated rings. The van der Waals surface area contributed by atoms with Crippen LogP contribution in [0.25, 0.3) is 0 Å². The van der Waals surface area contributed by atoms with Gasteiger partial charge in [0.25, 0.3) is 0 Å². The topological polar surface area (TPSA) is 237 Å². The van der Waals surface area contributed by atoms with Gasteiger partial charge in [-0.05, 0) is 154 Å². The molecule has 0 aromatic heterocycles. The van der Waals surface area contributed by atoms with E-state index in [1.54, 1.807) is 0 Å². The van der Waals surface area contributed by atoms with Gasteiger partial charge in [0.2, 0.25) is 0 Å². The molecule has 100 heavy (non-hydrogen) atoms. The van der Waals surface area contributed by atoms with Crippen LogP contribution in [0.1, 0.15) is 285 Å². The molecule has 5 unspecified atom stereocenters. The van der Waals surface area contributed by atoms with Crippen LogP contribution in [0.4, 0.5) is 0 Å². The second-order valence-electron chi connectivity index (χ2n) is 24.8. The molecule has 0 saturated carbocycles. The van der Waals surface area contributed by atoms with Crippen molar-refractivity contribution in [3.05, 3.63) is 146 Å². The summed E-state index contributed by atoms with van der Waals surface area (Å²) in [6, 6.07) is 0. The maximum Gasteiger partial charge on any atom is 0.472 e. The van der Waals surface area contributed by atoms with Gasteiger partial charge in [-0.2, -0.15) is 0 Å². The number of phosphoric ester groups is 2. The molecule has 0 aliphatic heterocycles. The van der Waals surface area contributed by atoms with Crippen molar-refractivity contribution in [1.29, 1.82) is 0 Å². The third-order valence-corrected chi connectivity index (χ3v) is 17.2. The van der Waals surface area contributed by atoms with Gasteiger partial charge in [0.05, 0.1) is 26.4 Å². The molecule has 0 radical (unpaired) electrons. The van der Waals surface area contributed by atoms with E-state index < -0.39 is 97.5 Å². The monoisotopic (exact) mass is 1440 g/mol. The Morgan fingerprint density at radius 1 is 0.290 bits per heavy atom. The quantitative estimate of drug-likeness (QED) is 0.0169. The fourth-order valence-corrected chi connectivity index (χ4v) is 11.1. The Bertz CT molecular complexity index is 2470. The van der Waals surface area contributed by atoms with Gasteiger partial charge in [-0.15, -0.1) is 0 Å². The lowest BCUT2D eigenvalue weighted by molar-refractivity contribution is -0.161. The predicted molar refractivity (Wildman–Crippen MR) is 408 cm³/mol. The molecule has 0 bridgehead atoms. The van der Waals surface area contributed by atoms with Gasteiger partial charge in [-0.3, -0.25) is 37.3 Å². The number of esters is 4. The zero-order chi connectivity index (χ0) is 73.2. The molecule has 3 N–H and O–H groups in total. The highest BCUT2D eigenvalue weighted by atomic mass is 31.2. The minimum atomic E-state index is -4.99. The van der Waals surface area contributed by atoms with E-state index in [9.17, 15) is 43.2 Å². The van der Waals surface area contributed by atoms with Crippen molar-refractivity contribution in [3.8, 4) is 0 Å². The van der Waals surface area contributed by atoms with E-state index in [1.165, 1.54) is 12.8 Å². The van der Waals surface area contributed by atoms with Crippen molar-refractivity contribution in [3.63, 3.8) is 0 Å². The highest BCUT2D eigenvalue weighted by Crippen LogP contribution is 2.45. The zero-order valence-electron chi connectivity index (χ0n) is 62.1. The molecule has 19 heteroatoms. The number of aliphatic hydroxyl groups is 1. The van der Waals surface area contributed by atoms with Gasteiger partial charge >= 0.3 is 39.5 Å². The molecule has 0 aliphatic carbocycles. The van der Waals surface area contributed by atoms with Crippen LogP contribution in [0, 0.1) is 0 Å². The van der Waals surface area contributed by atoms with Crippen LogP contribution in [0.2, 0.25) is 0 Å². The normalized spacial score (nSPS) is 14.8. The minimum absolute atomic E-state index is 0.0564. The van der Waals surface area contributed by atoms with E-state index in [2.05, 4.69) is 174 Å². The fourth-order valence-electron chi connectivity index (χ4n) is 9.55. The molecule has 0 saturated heterocycles. The lowest BCUT2D eigenvalue weighted by Crippen LogP contribution is -2.30. The smallest absolute Gasteiger partial charge is 0.462 e. The van der Waals surface area contributed by atoms with Gasteiger partial charge in [-0.25, -0.2) is 9.13 Å². The van der Waals surface area contributed by atoms with Gasteiger partial charge < -0.3 is 33.8 Å². The highest BCUT2D eigenvalue weighted by Gasteiger charge is 2.30. The Labute approximate surface area is 605 Å². The summed E-state index contributed by atoms with van der Waals surface area (Å²) in [6.07, 6.45) is 81.3. The van der Waals surface area contributed by atoms with Gasteiger partial charge in [-0.1, -0.05) is 251 Å². The lowest BCUT2D eigenvalue weighted by Gasteiger charge is -2.21. The molecule has 0 amide bonds. The number of ether oxygens (including phenoxy) is 4. The third-order valence-electron chi connectivity index (χ3n) is 15.3. The summed E-state index contributed by atoms with van der Waals surface area (Å²) in [6.45, 7) is 4.39. The summed E-state index contributed by atoms with van der Waals surface area (Å²) in [4.78, 5) is 72.8. The lowest BCUT2D eigenvalue weighted by atomic mass is 10.1. The third kappa shape index (κ3) is 71.3.